The molecular formula is C36H48N8O4S. The molecule has 0 saturated carbocycles. The second-order valence-corrected chi connectivity index (χ2v) is 17.0. The van der Waals surface area contributed by atoms with Crippen LogP contribution in [0.5, 0.6) is 0 Å². The number of nitrogens with one attached hydrogen (secondary N) is 2. The number of sulfone groups is 1. The van der Waals surface area contributed by atoms with Gasteiger partial charge in [-0.15, -0.1) is 0 Å². The predicted octanol–water partition coefficient (Wildman–Crippen LogP) is 4.01. The van der Waals surface area contributed by atoms with Gasteiger partial charge in [-0.05, 0) is 81.7 Å². The number of hydrogen-bond donors (Lipinski definition) is 2. The minimum atomic E-state index is -3.08. The Morgan fingerprint density at radius 3 is 2.61 bits per heavy atom. The number of pyridine rings is 1. The van der Waals surface area contributed by atoms with E-state index in [1.165, 1.54) is 18.8 Å². The number of nitrogens with zero attached hydrogens (tertiary/aromatic N) is 6. The van der Waals surface area contributed by atoms with E-state index in [0.717, 1.165) is 67.5 Å². The van der Waals surface area contributed by atoms with Gasteiger partial charge < -0.3 is 25.2 Å². The molecule has 0 aliphatic carbocycles. The number of anilines is 4. The van der Waals surface area contributed by atoms with Crippen LogP contribution in [0.15, 0.2) is 49.3 Å². The molecule has 49 heavy (non-hydrogen) atoms. The van der Waals surface area contributed by atoms with Gasteiger partial charge >= 0.3 is 0 Å². The second-order valence-electron chi connectivity index (χ2n) is 14.8. The van der Waals surface area contributed by atoms with Crippen molar-refractivity contribution in [3.8, 4) is 0 Å². The first-order chi connectivity index (χ1) is 23.4. The molecule has 0 radical (unpaired) electrons. The zero-order chi connectivity index (χ0) is 34.5. The first-order valence-electron chi connectivity index (χ1n) is 17.4. The largest absolute Gasteiger partial charge is 0.376 e. The SMILES string of the molecule is C=CC(=O)NC(C)(C)c1ccc(N2C[C@H](CS(C)(=O)=O)[C@H]2C)c2cnc(Nc3ccnc(N4CCC(N5CC[C@@H]6C[C@H]5CO6)CC4)n3)cc12. The van der Waals surface area contributed by atoms with Crippen molar-refractivity contribution in [2.24, 2.45) is 5.92 Å². The van der Waals surface area contributed by atoms with Crippen LogP contribution in [0.3, 0.4) is 0 Å². The molecule has 12 nitrogen and oxygen atoms in total. The van der Waals surface area contributed by atoms with Crippen molar-refractivity contribution >= 4 is 49.8 Å². The van der Waals surface area contributed by atoms with Crippen LogP contribution in [-0.4, -0.2) is 103 Å². The third-order valence-electron chi connectivity index (χ3n) is 11.0. The van der Waals surface area contributed by atoms with Crippen molar-refractivity contribution in [2.45, 2.75) is 76.2 Å². The standard InChI is InChI=1S/C36H48N8O4S/c1-6-34(45)41-36(3,4)30-7-8-31(44-20-24(23(44)2)22-49(5,46)47)29-19-38-33(18-28(29)30)39-32-9-13-37-35(40-32)42-14-10-25(11-15-42)43-16-12-27-17-26(43)21-48-27/h6-9,13,18-19,23-27H,1,10-12,14-17,20-22H2,2-5H3,(H,41,45)(H,37,38,39,40)/t23-,24-,26+,27-/m1/s1. The second kappa shape index (κ2) is 13.1. The van der Waals surface area contributed by atoms with Gasteiger partial charge in [0.1, 0.15) is 21.5 Å². The smallest absolute Gasteiger partial charge is 0.244 e. The highest BCUT2D eigenvalue weighted by Crippen LogP contribution is 2.40. The minimum absolute atomic E-state index is 0.0588. The molecule has 3 aromatic rings. The Balaban J connectivity index is 1.12. The number of hydrogen-bond acceptors (Lipinski definition) is 11. The van der Waals surface area contributed by atoms with E-state index in [0.29, 0.717) is 42.3 Å². The summed E-state index contributed by atoms with van der Waals surface area (Å²) in [5.74, 6) is 1.95. The van der Waals surface area contributed by atoms with Crippen molar-refractivity contribution in [1.82, 2.24) is 25.2 Å². The molecule has 13 heteroatoms. The molecule has 4 aliphatic heterocycles. The lowest BCUT2D eigenvalue weighted by Gasteiger charge is -2.48. The predicted molar refractivity (Wildman–Crippen MR) is 193 cm³/mol. The lowest BCUT2D eigenvalue weighted by atomic mass is 9.86. The summed E-state index contributed by atoms with van der Waals surface area (Å²) in [5, 5.41) is 8.32. The Labute approximate surface area is 289 Å². The van der Waals surface area contributed by atoms with E-state index >= 15 is 0 Å². The van der Waals surface area contributed by atoms with Crippen LogP contribution in [-0.2, 0) is 24.9 Å². The van der Waals surface area contributed by atoms with E-state index in [2.05, 4.69) is 43.8 Å². The van der Waals surface area contributed by atoms with Crippen molar-refractivity contribution in [1.29, 1.82) is 0 Å². The topological polar surface area (TPSA) is 133 Å². The molecule has 1 aromatic carbocycles. The maximum absolute atomic E-state index is 12.4. The molecule has 0 unspecified atom stereocenters. The van der Waals surface area contributed by atoms with Gasteiger partial charge in [-0.25, -0.2) is 18.4 Å². The zero-order valence-corrected chi connectivity index (χ0v) is 29.7. The fourth-order valence-electron chi connectivity index (χ4n) is 8.28. The maximum atomic E-state index is 12.4. The summed E-state index contributed by atoms with van der Waals surface area (Å²) in [6, 6.07) is 9.14. The quantitative estimate of drug-likeness (QED) is 0.300. The molecule has 2 N–H and O–H groups in total. The molecule has 4 fully saturated rings. The van der Waals surface area contributed by atoms with Gasteiger partial charge in [0.2, 0.25) is 11.9 Å². The number of carbonyl (C=O) groups excluding carboxylic acids is 1. The van der Waals surface area contributed by atoms with Gasteiger partial charge in [0.25, 0.3) is 0 Å². The van der Waals surface area contributed by atoms with Crippen LogP contribution in [0.4, 0.5) is 23.3 Å². The van der Waals surface area contributed by atoms with Crippen molar-refractivity contribution in [3.05, 3.63) is 54.9 Å². The number of carbonyl (C=O) groups is 1. The zero-order valence-electron chi connectivity index (χ0n) is 28.9. The first-order valence-corrected chi connectivity index (χ1v) is 19.5. The highest BCUT2D eigenvalue weighted by Gasteiger charge is 2.40. The van der Waals surface area contributed by atoms with Crippen LogP contribution in [0.25, 0.3) is 10.8 Å². The van der Waals surface area contributed by atoms with Crippen molar-refractivity contribution in [2.75, 3.05) is 59.9 Å². The number of piperidine rings is 2. The summed E-state index contributed by atoms with van der Waals surface area (Å²) >= 11 is 0. The fraction of sp³-hybridized carbons (Fsp3) is 0.556. The van der Waals surface area contributed by atoms with E-state index in [-0.39, 0.29) is 23.6 Å². The maximum Gasteiger partial charge on any atom is 0.244 e. The van der Waals surface area contributed by atoms with Gasteiger partial charge in [-0.3, -0.25) is 9.69 Å². The Bertz CT molecular complexity index is 1840. The number of benzene rings is 1. The molecule has 0 spiro atoms. The number of rotatable bonds is 10. The van der Waals surface area contributed by atoms with Gasteiger partial charge in [0, 0.05) is 79.9 Å². The van der Waals surface area contributed by atoms with E-state index in [9.17, 15) is 13.2 Å². The normalized spacial score (nSPS) is 24.9. The Morgan fingerprint density at radius 1 is 1.08 bits per heavy atom. The molecule has 262 valence electrons. The molecular weight excluding hydrogens is 641 g/mol. The first kappa shape index (κ1) is 33.7. The summed E-state index contributed by atoms with van der Waals surface area (Å²) < 4.78 is 29.9. The number of ether oxygens (including phenoxy) is 1. The monoisotopic (exact) mass is 688 g/mol. The van der Waals surface area contributed by atoms with Gasteiger partial charge in [-0.2, -0.15) is 4.98 Å². The number of aromatic nitrogens is 3. The summed E-state index contributed by atoms with van der Waals surface area (Å²) in [7, 11) is -3.08. The average Bonchev–Trinajstić information content (AvgIpc) is 3.45. The van der Waals surface area contributed by atoms with E-state index in [1.807, 2.05) is 44.3 Å². The molecule has 1 amide bonds. The van der Waals surface area contributed by atoms with Crippen LogP contribution < -0.4 is 20.4 Å². The van der Waals surface area contributed by atoms with E-state index in [1.54, 1.807) is 6.20 Å². The minimum Gasteiger partial charge on any atom is -0.376 e. The number of fused-ring (bicyclic) bond motifs is 3. The summed E-state index contributed by atoms with van der Waals surface area (Å²) in [6.45, 7) is 14.1. The number of likely N-dealkylation sites (tertiary alicyclic amines) is 1. The summed E-state index contributed by atoms with van der Waals surface area (Å²) in [5.41, 5.74) is 1.19. The van der Waals surface area contributed by atoms with E-state index in [4.69, 9.17) is 14.7 Å². The van der Waals surface area contributed by atoms with Crippen LogP contribution in [0.2, 0.25) is 0 Å². The van der Waals surface area contributed by atoms with Crippen LogP contribution in [0.1, 0.15) is 52.0 Å². The molecule has 2 aromatic heterocycles. The average molecular weight is 689 g/mol. The molecule has 2 bridgehead atoms. The van der Waals surface area contributed by atoms with Crippen LogP contribution >= 0.6 is 0 Å². The Hall–Kier alpha value is -3.81. The highest BCUT2D eigenvalue weighted by atomic mass is 32.2. The third kappa shape index (κ3) is 6.98. The summed E-state index contributed by atoms with van der Waals surface area (Å²) in [4.78, 5) is 33.9. The van der Waals surface area contributed by atoms with Crippen LogP contribution in [0, 0.1) is 5.92 Å². The molecule has 7 rings (SSSR count). The fourth-order valence-corrected chi connectivity index (χ4v) is 9.44. The molecule has 4 saturated heterocycles. The highest BCUT2D eigenvalue weighted by molar-refractivity contribution is 7.90. The third-order valence-corrected chi connectivity index (χ3v) is 12.0. The Morgan fingerprint density at radius 2 is 1.88 bits per heavy atom. The van der Waals surface area contributed by atoms with Gasteiger partial charge in [-0.1, -0.05) is 12.6 Å². The van der Waals surface area contributed by atoms with Gasteiger partial charge in [0.05, 0.1) is 24.0 Å². The Kier molecular flexibility index (Phi) is 9.03. The molecule has 6 heterocycles. The molecule has 4 atom stereocenters. The lowest BCUT2D eigenvalue weighted by molar-refractivity contribution is -0.118. The van der Waals surface area contributed by atoms with Crippen molar-refractivity contribution in [3.63, 3.8) is 0 Å². The van der Waals surface area contributed by atoms with Gasteiger partial charge in [0.15, 0.2) is 0 Å². The lowest BCUT2D eigenvalue weighted by Crippen LogP contribution is -2.57. The summed E-state index contributed by atoms with van der Waals surface area (Å²) in [6.07, 6.45) is 11.2. The molecule has 4 aliphatic rings. The van der Waals surface area contributed by atoms with Crippen molar-refractivity contribution < 1.29 is 17.9 Å². The van der Waals surface area contributed by atoms with E-state index < -0.39 is 15.4 Å². The number of amides is 1.